The lowest BCUT2D eigenvalue weighted by atomic mass is 10.1. The van der Waals surface area contributed by atoms with Gasteiger partial charge in [-0.2, -0.15) is 0 Å². The van der Waals surface area contributed by atoms with E-state index in [9.17, 15) is 4.79 Å². The lowest BCUT2D eigenvalue weighted by Gasteiger charge is -2.25. The first kappa shape index (κ1) is 15.4. The van der Waals surface area contributed by atoms with Crippen molar-refractivity contribution in [1.29, 1.82) is 0 Å². The summed E-state index contributed by atoms with van der Waals surface area (Å²) in [5.74, 6) is 0.644. The van der Waals surface area contributed by atoms with Crippen molar-refractivity contribution in [2.24, 2.45) is 0 Å². The number of aromatic amines is 1. The zero-order chi connectivity index (χ0) is 17.2. The molecule has 7 heteroatoms. The number of aryl methyl sites for hydroxylation is 1. The Balaban J connectivity index is 1.69. The van der Waals surface area contributed by atoms with E-state index in [1.165, 1.54) is 0 Å². The predicted molar refractivity (Wildman–Crippen MR) is 91.6 cm³/mol. The van der Waals surface area contributed by atoms with Gasteiger partial charge in [0.25, 0.3) is 5.91 Å². The van der Waals surface area contributed by atoms with Gasteiger partial charge in [0.2, 0.25) is 0 Å². The molecule has 1 aliphatic rings. The molecule has 0 aromatic carbocycles. The fraction of sp³-hybridized carbons (Fsp3) is 0.278. The number of carbonyl (C=O) groups is 1. The van der Waals surface area contributed by atoms with Crippen LogP contribution in [0.3, 0.4) is 0 Å². The molecule has 1 saturated heterocycles. The summed E-state index contributed by atoms with van der Waals surface area (Å²) in [4.78, 5) is 35.4. The zero-order valence-corrected chi connectivity index (χ0v) is 13.9. The summed E-state index contributed by atoms with van der Waals surface area (Å²) in [6, 6.07) is 3.57. The van der Waals surface area contributed by atoms with Gasteiger partial charge in [-0.1, -0.05) is 0 Å². The number of imidazole rings is 1. The maximum Gasteiger partial charge on any atom is 0.255 e. The van der Waals surface area contributed by atoms with Gasteiger partial charge in [0.1, 0.15) is 5.69 Å². The van der Waals surface area contributed by atoms with Crippen LogP contribution in [0.1, 0.15) is 40.6 Å². The molecule has 0 bridgehead atoms. The maximum atomic E-state index is 13.0. The number of amides is 1. The number of H-pyrrole nitrogens is 1. The van der Waals surface area contributed by atoms with Crippen LogP contribution in [0.25, 0.3) is 11.5 Å². The van der Waals surface area contributed by atoms with E-state index in [0.717, 1.165) is 24.2 Å². The molecular formula is C18H18N6O. The van der Waals surface area contributed by atoms with Crippen molar-refractivity contribution in [2.45, 2.75) is 25.8 Å². The van der Waals surface area contributed by atoms with E-state index in [1.807, 2.05) is 24.0 Å². The summed E-state index contributed by atoms with van der Waals surface area (Å²) < 4.78 is 0. The molecule has 0 radical (unpaired) electrons. The smallest absolute Gasteiger partial charge is 0.255 e. The Morgan fingerprint density at radius 2 is 2.04 bits per heavy atom. The first-order valence-electron chi connectivity index (χ1n) is 8.28. The van der Waals surface area contributed by atoms with Gasteiger partial charge in [-0.3, -0.25) is 14.8 Å². The number of carbonyl (C=O) groups excluding carboxylic acids is 1. The SMILES string of the molecule is Cc1ccc(C(=O)N2CCCC2c2nccnc2-c2ncc[nH]2)cn1. The number of hydrogen-bond donors (Lipinski definition) is 1. The van der Waals surface area contributed by atoms with Crippen molar-refractivity contribution in [3.05, 3.63) is 60.1 Å². The Kier molecular flexibility index (Phi) is 3.97. The first-order valence-corrected chi connectivity index (χ1v) is 8.28. The van der Waals surface area contributed by atoms with Crippen molar-refractivity contribution in [3.63, 3.8) is 0 Å². The minimum Gasteiger partial charge on any atom is -0.343 e. The monoisotopic (exact) mass is 334 g/mol. The molecule has 1 atom stereocenters. The van der Waals surface area contributed by atoms with Crippen LogP contribution in [0.2, 0.25) is 0 Å². The first-order chi connectivity index (χ1) is 12.2. The van der Waals surface area contributed by atoms with Crippen LogP contribution in [-0.2, 0) is 0 Å². The third-order valence-electron chi connectivity index (χ3n) is 4.44. The minimum atomic E-state index is -0.109. The summed E-state index contributed by atoms with van der Waals surface area (Å²) in [7, 11) is 0. The van der Waals surface area contributed by atoms with Crippen LogP contribution in [0, 0.1) is 6.92 Å². The van der Waals surface area contributed by atoms with E-state index >= 15 is 0 Å². The molecule has 7 nitrogen and oxygen atoms in total. The molecule has 4 rings (SSSR count). The summed E-state index contributed by atoms with van der Waals surface area (Å²) in [5.41, 5.74) is 2.96. The molecule has 126 valence electrons. The van der Waals surface area contributed by atoms with E-state index in [0.29, 0.717) is 23.6 Å². The van der Waals surface area contributed by atoms with Gasteiger partial charge < -0.3 is 9.88 Å². The second-order valence-corrected chi connectivity index (χ2v) is 6.07. The second kappa shape index (κ2) is 6.43. The van der Waals surface area contributed by atoms with Gasteiger partial charge >= 0.3 is 0 Å². The molecule has 0 saturated carbocycles. The molecule has 0 aliphatic carbocycles. The van der Waals surface area contributed by atoms with Gasteiger partial charge in [0, 0.05) is 43.2 Å². The van der Waals surface area contributed by atoms with E-state index in [2.05, 4.69) is 24.9 Å². The number of pyridine rings is 1. The normalized spacial score (nSPS) is 17.0. The van der Waals surface area contributed by atoms with Gasteiger partial charge in [-0.25, -0.2) is 9.97 Å². The molecule has 3 aromatic rings. The Labute approximate surface area is 145 Å². The highest BCUT2D eigenvalue weighted by atomic mass is 16.2. The van der Waals surface area contributed by atoms with Crippen molar-refractivity contribution in [3.8, 4) is 11.5 Å². The average molecular weight is 334 g/mol. The van der Waals surface area contributed by atoms with Crippen molar-refractivity contribution in [2.75, 3.05) is 6.54 Å². The van der Waals surface area contributed by atoms with Gasteiger partial charge in [0.05, 0.1) is 17.3 Å². The largest absolute Gasteiger partial charge is 0.343 e. The number of nitrogens with one attached hydrogen (secondary N) is 1. The Bertz CT molecular complexity index is 875. The summed E-state index contributed by atoms with van der Waals surface area (Å²) in [6.45, 7) is 2.60. The van der Waals surface area contributed by atoms with Crippen LogP contribution >= 0.6 is 0 Å². The standard InChI is InChI=1S/C18H18N6O/c1-12-4-5-13(11-23-12)18(25)24-10-2-3-14(24)15-16(20-7-6-19-15)17-21-8-9-22-17/h4-9,11,14H,2-3,10H2,1H3,(H,21,22). The molecule has 3 aromatic heterocycles. The number of likely N-dealkylation sites (tertiary alicyclic amines) is 1. The molecule has 1 fully saturated rings. The number of rotatable bonds is 3. The summed E-state index contributed by atoms with van der Waals surface area (Å²) in [5, 5.41) is 0. The number of nitrogens with zero attached hydrogens (tertiary/aromatic N) is 5. The van der Waals surface area contributed by atoms with Crippen molar-refractivity contribution < 1.29 is 4.79 Å². The van der Waals surface area contributed by atoms with Gasteiger partial charge in [0.15, 0.2) is 5.82 Å². The van der Waals surface area contributed by atoms with E-state index < -0.39 is 0 Å². The van der Waals surface area contributed by atoms with Gasteiger partial charge in [-0.05, 0) is 31.9 Å². The molecule has 1 aliphatic heterocycles. The van der Waals surface area contributed by atoms with Gasteiger partial charge in [-0.15, -0.1) is 0 Å². The lowest BCUT2D eigenvalue weighted by molar-refractivity contribution is 0.0732. The summed E-state index contributed by atoms with van der Waals surface area (Å²) >= 11 is 0. The van der Waals surface area contributed by atoms with Crippen LogP contribution < -0.4 is 0 Å². The Hall–Kier alpha value is -3.09. The molecule has 25 heavy (non-hydrogen) atoms. The van der Waals surface area contributed by atoms with Crippen molar-refractivity contribution in [1.82, 2.24) is 29.8 Å². The fourth-order valence-electron chi connectivity index (χ4n) is 3.22. The molecule has 0 spiro atoms. The van der Waals surface area contributed by atoms with Crippen LogP contribution in [0.15, 0.2) is 43.1 Å². The zero-order valence-electron chi connectivity index (χ0n) is 13.9. The van der Waals surface area contributed by atoms with E-state index in [1.54, 1.807) is 31.0 Å². The molecule has 1 amide bonds. The maximum absolute atomic E-state index is 13.0. The quantitative estimate of drug-likeness (QED) is 0.795. The molecule has 1 unspecified atom stereocenters. The minimum absolute atomic E-state index is 0.0222. The topological polar surface area (TPSA) is 87.7 Å². The van der Waals surface area contributed by atoms with E-state index in [-0.39, 0.29) is 11.9 Å². The molecule has 1 N–H and O–H groups in total. The number of hydrogen-bond acceptors (Lipinski definition) is 5. The van der Waals surface area contributed by atoms with Crippen LogP contribution in [0.5, 0.6) is 0 Å². The highest BCUT2D eigenvalue weighted by Gasteiger charge is 2.34. The number of aromatic nitrogens is 5. The van der Waals surface area contributed by atoms with E-state index in [4.69, 9.17) is 0 Å². The molecule has 4 heterocycles. The lowest BCUT2D eigenvalue weighted by Crippen LogP contribution is -2.31. The summed E-state index contributed by atoms with van der Waals surface area (Å²) in [6.07, 6.45) is 10.2. The van der Waals surface area contributed by atoms with Crippen LogP contribution in [0.4, 0.5) is 0 Å². The highest BCUT2D eigenvalue weighted by Crippen LogP contribution is 2.35. The predicted octanol–water partition coefficient (Wildman–Crippen LogP) is 2.55. The third-order valence-corrected chi connectivity index (χ3v) is 4.44. The average Bonchev–Trinajstić information content (AvgIpc) is 3.33. The highest BCUT2D eigenvalue weighted by molar-refractivity contribution is 5.94. The fourth-order valence-corrected chi connectivity index (χ4v) is 3.22. The molecular weight excluding hydrogens is 316 g/mol. The third kappa shape index (κ3) is 2.88. The van der Waals surface area contributed by atoms with Crippen LogP contribution in [-0.4, -0.2) is 42.3 Å². The second-order valence-electron chi connectivity index (χ2n) is 6.07. The Morgan fingerprint density at radius 3 is 2.80 bits per heavy atom. The Morgan fingerprint density at radius 1 is 1.16 bits per heavy atom. The van der Waals surface area contributed by atoms with Crippen molar-refractivity contribution >= 4 is 5.91 Å².